The summed E-state index contributed by atoms with van der Waals surface area (Å²) in [6, 6.07) is 6.58. The second kappa shape index (κ2) is 9.19. The summed E-state index contributed by atoms with van der Waals surface area (Å²) in [5.74, 6) is -3.48. The molecule has 186 valence electrons. The SMILES string of the molecule is COc1ccc(Cl)cc1-c1nn(CC(=O)N2CCC(F)(F)C2)cc1NC(=O)c1cnn2cccnc12. The van der Waals surface area contributed by atoms with Crippen molar-refractivity contribution in [1.82, 2.24) is 29.3 Å². The molecule has 0 aliphatic carbocycles. The molecule has 3 aromatic heterocycles. The number of alkyl halides is 2. The van der Waals surface area contributed by atoms with Gasteiger partial charge in [-0.05, 0) is 24.3 Å². The number of carbonyl (C=O) groups excluding carboxylic acids is 2. The van der Waals surface area contributed by atoms with Gasteiger partial charge in [0.15, 0.2) is 5.65 Å². The van der Waals surface area contributed by atoms with Crippen molar-refractivity contribution in [3.05, 3.63) is 59.6 Å². The Kier molecular flexibility index (Phi) is 6.04. The van der Waals surface area contributed by atoms with Gasteiger partial charge in [0, 0.05) is 42.1 Å². The Labute approximate surface area is 208 Å². The first kappa shape index (κ1) is 23.7. The topological polar surface area (TPSA) is 107 Å². The third kappa shape index (κ3) is 4.59. The number of amides is 2. The molecule has 0 bridgehead atoms. The van der Waals surface area contributed by atoms with E-state index in [1.165, 1.54) is 28.7 Å². The summed E-state index contributed by atoms with van der Waals surface area (Å²) in [5.41, 5.74) is 1.59. The van der Waals surface area contributed by atoms with E-state index in [1.54, 1.807) is 36.7 Å². The van der Waals surface area contributed by atoms with Crippen LogP contribution >= 0.6 is 11.6 Å². The van der Waals surface area contributed by atoms with Gasteiger partial charge in [-0.25, -0.2) is 18.3 Å². The minimum absolute atomic E-state index is 0.0343. The Morgan fingerprint density at radius 3 is 2.89 bits per heavy atom. The standard InChI is InChI=1S/C23H20ClF2N7O3/c1-36-18-4-3-14(24)9-15(18)20-17(29-22(35)16-10-28-33-7-2-6-27-21(16)33)11-32(30-20)12-19(34)31-8-5-23(25,26)13-31/h2-4,6-7,9-11H,5,8,12-13H2,1H3,(H,29,35). The zero-order valence-electron chi connectivity index (χ0n) is 19.0. The number of benzene rings is 1. The molecule has 1 aliphatic heterocycles. The van der Waals surface area contributed by atoms with Crippen LogP contribution in [0.4, 0.5) is 14.5 Å². The van der Waals surface area contributed by atoms with Crippen molar-refractivity contribution in [2.75, 3.05) is 25.5 Å². The lowest BCUT2D eigenvalue weighted by molar-refractivity contribution is -0.132. The van der Waals surface area contributed by atoms with Gasteiger partial charge < -0.3 is 15.0 Å². The average molecular weight is 516 g/mol. The number of fused-ring (bicyclic) bond motifs is 1. The van der Waals surface area contributed by atoms with E-state index in [0.29, 0.717) is 22.0 Å². The van der Waals surface area contributed by atoms with Crippen LogP contribution < -0.4 is 10.1 Å². The lowest BCUT2D eigenvalue weighted by Crippen LogP contribution is -2.34. The summed E-state index contributed by atoms with van der Waals surface area (Å²) in [5, 5.41) is 11.8. The van der Waals surface area contributed by atoms with Crippen LogP contribution in [0, 0.1) is 0 Å². The zero-order chi connectivity index (χ0) is 25.4. The summed E-state index contributed by atoms with van der Waals surface area (Å²) >= 11 is 6.20. The number of hydrogen-bond acceptors (Lipinski definition) is 6. The minimum atomic E-state index is -2.90. The summed E-state index contributed by atoms with van der Waals surface area (Å²) in [6.45, 7) is -0.957. The fourth-order valence-electron chi connectivity index (χ4n) is 4.02. The van der Waals surface area contributed by atoms with E-state index in [0.717, 1.165) is 4.90 Å². The van der Waals surface area contributed by atoms with E-state index in [4.69, 9.17) is 16.3 Å². The van der Waals surface area contributed by atoms with Crippen LogP contribution in [0.2, 0.25) is 5.02 Å². The molecule has 0 unspecified atom stereocenters. The third-order valence-corrected chi connectivity index (χ3v) is 6.01. The zero-order valence-corrected chi connectivity index (χ0v) is 19.7. The molecule has 13 heteroatoms. The van der Waals surface area contributed by atoms with Crippen LogP contribution in [-0.2, 0) is 11.3 Å². The molecule has 1 fully saturated rings. The van der Waals surface area contributed by atoms with Gasteiger partial charge in [0.2, 0.25) is 5.91 Å². The maximum atomic E-state index is 13.6. The van der Waals surface area contributed by atoms with E-state index < -0.39 is 24.3 Å². The Balaban J connectivity index is 1.49. The molecule has 10 nitrogen and oxygen atoms in total. The number of aromatic nitrogens is 5. The van der Waals surface area contributed by atoms with Gasteiger partial charge >= 0.3 is 0 Å². The minimum Gasteiger partial charge on any atom is -0.496 e. The summed E-state index contributed by atoms with van der Waals surface area (Å²) in [6.07, 6.45) is 5.67. The van der Waals surface area contributed by atoms with Gasteiger partial charge in [-0.15, -0.1) is 0 Å². The molecule has 2 amide bonds. The number of carbonyl (C=O) groups is 2. The van der Waals surface area contributed by atoms with Crippen LogP contribution in [0.5, 0.6) is 5.75 Å². The van der Waals surface area contributed by atoms with Crippen LogP contribution in [0.3, 0.4) is 0 Å². The Morgan fingerprint density at radius 1 is 1.31 bits per heavy atom. The smallest absolute Gasteiger partial charge is 0.267 e. The Morgan fingerprint density at radius 2 is 2.14 bits per heavy atom. The number of nitrogens with zero attached hydrogens (tertiary/aromatic N) is 6. The van der Waals surface area contributed by atoms with Crippen molar-refractivity contribution in [3.63, 3.8) is 0 Å². The number of ether oxygens (including phenoxy) is 1. The molecule has 36 heavy (non-hydrogen) atoms. The van der Waals surface area contributed by atoms with Crippen molar-refractivity contribution in [2.24, 2.45) is 0 Å². The Hall–Kier alpha value is -4.06. The molecule has 1 N–H and O–H groups in total. The maximum Gasteiger partial charge on any atom is 0.267 e. The largest absolute Gasteiger partial charge is 0.496 e. The van der Waals surface area contributed by atoms with Gasteiger partial charge in [-0.2, -0.15) is 10.2 Å². The van der Waals surface area contributed by atoms with Gasteiger partial charge in [0.25, 0.3) is 11.8 Å². The number of anilines is 1. The molecule has 4 heterocycles. The number of likely N-dealkylation sites (tertiary alicyclic amines) is 1. The monoisotopic (exact) mass is 515 g/mol. The Bertz CT molecular complexity index is 1470. The highest BCUT2D eigenvalue weighted by Gasteiger charge is 2.40. The lowest BCUT2D eigenvalue weighted by atomic mass is 10.1. The van der Waals surface area contributed by atoms with Crippen molar-refractivity contribution >= 4 is 34.7 Å². The molecule has 0 spiro atoms. The van der Waals surface area contributed by atoms with Crippen LogP contribution in [0.25, 0.3) is 16.9 Å². The van der Waals surface area contributed by atoms with Crippen molar-refractivity contribution in [2.45, 2.75) is 18.9 Å². The van der Waals surface area contributed by atoms with Gasteiger partial charge in [0.05, 0.1) is 25.5 Å². The maximum absolute atomic E-state index is 13.6. The lowest BCUT2D eigenvalue weighted by Gasteiger charge is -2.15. The van der Waals surface area contributed by atoms with Crippen molar-refractivity contribution < 1.29 is 23.1 Å². The van der Waals surface area contributed by atoms with Gasteiger partial charge in [-0.3, -0.25) is 14.3 Å². The molecule has 1 aromatic carbocycles. The average Bonchev–Trinajstić information content (AvgIpc) is 3.55. The predicted molar refractivity (Wildman–Crippen MR) is 126 cm³/mol. The van der Waals surface area contributed by atoms with Gasteiger partial charge in [0.1, 0.15) is 23.6 Å². The molecule has 0 radical (unpaired) electrons. The first-order valence-electron chi connectivity index (χ1n) is 10.9. The van der Waals surface area contributed by atoms with Gasteiger partial charge in [-0.1, -0.05) is 11.6 Å². The molecule has 4 aromatic rings. The van der Waals surface area contributed by atoms with Crippen molar-refractivity contribution in [3.8, 4) is 17.0 Å². The molecule has 1 saturated heterocycles. The molecular weight excluding hydrogens is 496 g/mol. The molecule has 1 aliphatic rings. The summed E-state index contributed by atoms with van der Waals surface area (Å²) in [7, 11) is 1.48. The third-order valence-electron chi connectivity index (χ3n) is 5.77. The van der Waals surface area contributed by atoms with E-state index in [9.17, 15) is 18.4 Å². The number of nitrogens with one attached hydrogen (secondary N) is 1. The molecular formula is C23H20ClF2N7O3. The van der Waals surface area contributed by atoms with E-state index in [-0.39, 0.29) is 36.5 Å². The van der Waals surface area contributed by atoms with E-state index in [2.05, 4.69) is 20.5 Å². The fourth-order valence-corrected chi connectivity index (χ4v) is 4.19. The molecule has 0 saturated carbocycles. The highest BCUT2D eigenvalue weighted by atomic mass is 35.5. The highest BCUT2D eigenvalue weighted by Crippen LogP contribution is 2.36. The van der Waals surface area contributed by atoms with Crippen LogP contribution in [0.1, 0.15) is 16.8 Å². The van der Waals surface area contributed by atoms with E-state index >= 15 is 0 Å². The fraction of sp³-hybridized carbons (Fsp3) is 0.261. The van der Waals surface area contributed by atoms with E-state index in [1.807, 2.05) is 0 Å². The number of methoxy groups -OCH3 is 1. The van der Waals surface area contributed by atoms with Crippen LogP contribution in [-0.4, -0.2) is 67.2 Å². The predicted octanol–water partition coefficient (Wildman–Crippen LogP) is 3.37. The van der Waals surface area contributed by atoms with Crippen LogP contribution in [0.15, 0.2) is 49.1 Å². The number of hydrogen-bond donors (Lipinski definition) is 1. The highest BCUT2D eigenvalue weighted by molar-refractivity contribution is 6.31. The molecule has 5 rings (SSSR count). The number of rotatable bonds is 6. The second-order valence-electron chi connectivity index (χ2n) is 8.26. The quantitative estimate of drug-likeness (QED) is 0.422. The summed E-state index contributed by atoms with van der Waals surface area (Å²) < 4.78 is 35.4. The normalized spacial score (nSPS) is 14.8. The molecule has 0 atom stereocenters. The first-order chi connectivity index (χ1) is 17.2. The summed E-state index contributed by atoms with van der Waals surface area (Å²) in [4.78, 5) is 31.1. The second-order valence-corrected chi connectivity index (χ2v) is 8.69. The number of halogens is 3. The van der Waals surface area contributed by atoms with Crippen molar-refractivity contribution in [1.29, 1.82) is 0 Å². The first-order valence-corrected chi connectivity index (χ1v) is 11.3.